The van der Waals surface area contributed by atoms with Crippen LogP contribution in [-0.2, 0) is 4.79 Å². The molecule has 0 saturated carbocycles. The molecule has 2 saturated heterocycles. The Morgan fingerprint density at radius 1 is 1.30 bits per heavy atom. The number of hydrogen-bond donors (Lipinski definition) is 1. The van der Waals surface area contributed by atoms with Gasteiger partial charge in [-0.15, -0.1) is 0 Å². The summed E-state index contributed by atoms with van der Waals surface area (Å²) >= 11 is 0. The topological polar surface area (TPSA) is 89.3 Å². The van der Waals surface area contributed by atoms with Crippen molar-refractivity contribution >= 4 is 18.0 Å². The summed E-state index contributed by atoms with van der Waals surface area (Å²) in [5, 5.41) is 2.95. The molecule has 1 spiro atoms. The van der Waals surface area contributed by atoms with Gasteiger partial charge in [0.05, 0.1) is 12.3 Å². The van der Waals surface area contributed by atoms with Crippen LogP contribution in [-0.4, -0.2) is 90.9 Å². The molecule has 27 heavy (non-hydrogen) atoms. The maximum Gasteiger partial charge on any atom is 0.327 e. The third-order valence-electron chi connectivity index (χ3n) is 5.74. The lowest BCUT2D eigenvalue weighted by molar-refractivity contribution is -0.134. The molecule has 0 bridgehead atoms. The Morgan fingerprint density at radius 2 is 1.96 bits per heavy atom. The lowest BCUT2D eigenvalue weighted by Crippen LogP contribution is -2.57. The van der Waals surface area contributed by atoms with Gasteiger partial charge in [0.2, 0.25) is 0 Å². The summed E-state index contributed by atoms with van der Waals surface area (Å²) in [5.41, 5.74) is -0.817. The van der Waals surface area contributed by atoms with Gasteiger partial charge in [-0.2, -0.15) is 0 Å². The van der Waals surface area contributed by atoms with Gasteiger partial charge in [0.15, 0.2) is 0 Å². The minimum absolute atomic E-state index is 0.0612. The Bertz CT molecular complexity index is 709. The highest BCUT2D eigenvalue weighted by molar-refractivity contribution is 6.06. The van der Waals surface area contributed by atoms with Crippen molar-refractivity contribution in [1.82, 2.24) is 24.9 Å². The smallest absolute Gasteiger partial charge is 0.327 e. The zero-order valence-electron chi connectivity index (χ0n) is 16.3. The Kier molecular flexibility index (Phi) is 5.14. The number of carbonyl (C=O) groups excluding carboxylic acids is 3. The zero-order valence-corrected chi connectivity index (χ0v) is 16.3. The van der Waals surface area contributed by atoms with Crippen LogP contribution >= 0.6 is 0 Å². The number of imide groups is 1. The molecular weight excluding hydrogens is 350 g/mol. The predicted molar refractivity (Wildman–Crippen MR) is 98.0 cm³/mol. The molecule has 5 amide bonds. The molecule has 1 N–H and O–H groups in total. The highest BCUT2D eigenvalue weighted by atomic mass is 16.3. The van der Waals surface area contributed by atoms with Crippen molar-refractivity contribution in [3.63, 3.8) is 0 Å². The maximum atomic E-state index is 12.6. The Balaban J connectivity index is 1.57. The van der Waals surface area contributed by atoms with Gasteiger partial charge in [-0.05, 0) is 39.1 Å². The summed E-state index contributed by atoms with van der Waals surface area (Å²) in [6.07, 6.45) is 2.51. The molecule has 0 aromatic carbocycles. The van der Waals surface area contributed by atoms with E-state index in [9.17, 15) is 14.4 Å². The number of nitrogens with one attached hydrogen (secondary N) is 1. The van der Waals surface area contributed by atoms with Crippen molar-refractivity contribution in [2.75, 3.05) is 47.8 Å². The minimum atomic E-state index is -0.817. The van der Waals surface area contributed by atoms with Crippen LogP contribution in [0.25, 0.3) is 0 Å². The van der Waals surface area contributed by atoms with E-state index >= 15 is 0 Å². The first-order valence-electron chi connectivity index (χ1n) is 9.06. The first-order valence-corrected chi connectivity index (χ1v) is 9.06. The fraction of sp³-hybridized carbons (Fsp3) is 0.611. The molecule has 148 valence electrons. The summed E-state index contributed by atoms with van der Waals surface area (Å²) < 4.78 is 5.46. The summed E-state index contributed by atoms with van der Waals surface area (Å²) in [4.78, 5) is 43.6. The molecular formula is C18H27N5O4. The number of piperidine rings is 1. The fourth-order valence-electron chi connectivity index (χ4n) is 3.89. The molecule has 1 aromatic heterocycles. The molecule has 1 atom stereocenters. The molecule has 0 aliphatic carbocycles. The van der Waals surface area contributed by atoms with Crippen LogP contribution in [0.4, 0.5) is 9.59 Å². The Labute approximate surface area is 158 Å². The summed E-state index contributed by atoms with van der Waals surface area (Å²) in [6.45, 7) is 1.27. The van der Waals surface area contributed by atoms with E-state index in [1.807, 2.05) is 31.1 Å². The van der Waals surface area contributed by atoms with Crippen molar-refractivity contribution in [3.05, 3.63) is 24.2 Å². The molecule has 3 heterocycles. The summed E-state index contributed by atoms with van der Waals surface area (Å²) in [6, 6.07) is 3.19. The number of rotatable bonds is 4. The van der Waals surface area contributed by atoms with Crippen LogP contribution in [0.3, 0.4) is 0 Å². The number of likely N-dealkylation sites (N-methyl/N-ethyl adjacent to an activating group) is 3. The lowest BCUT2D eigenvalue weighted by atomic mass is 9.86. The number of urea groups is 2. The van der Waals surface area contributed by atoms with Gasteiger partial charge >= 0.3 is 12.1 Å². The van der Waals surface area contributed by atoms with E-state index < -0.39 is 5.54 Å². The average molecular weight is 377 g/mol. The maximum absolute atomic E-state index is 12.6. The van der Waals surface area contributed by atoms with Crippen molar-refractivity contribution in [2.24, 2.45) is 0 Å². The van der Waals surface area contributed by atoms with Crippen LogP contribution in [0.5, 0.6) is 0 Å². The van der Waals surface area contributed by atoms with Crippen molar-refractivity contribution < 1.29 is 18.8 Å². The Morgan fingerprint density at radius 3 is 2.44 bits per heavy atom. The van der Waals surface area contributed by atoms with Crippen LogP contribution in [0, 0.1) is 0 Å². The van der Waals surface area contributed by atoms with Gasteiger partial charge < -0.3 is 19.5 Å². The highest BCUT2D eigenvalue weighted by Gasteiger charge is 2.55. The van der Waals surface area contributed by atoms with Crippen LogP contribution in [0.15, 0.2) is 22.8 Å². The second kappa shape index (κ2) is 7.22. The third-order valence-corrected chi connectivity index (χ3v) is 5.74. The van der Waals surface area contributed by atoms with Gasteiger partial charge in [-0.3, -0.25) is 14.6 Å². The van der Waals surface area contributed by atoms with E-state index in [4.69, 9.17) is 4.42 Å². The van der Waals surface area contributed by atoms with E-state index in [0.717, 1.165) is 5.76 Å². The first kappa shape index (κ1) is 19.2. The van der Waals surface area contributed by atoms with E-state index in [1.165, 1.54) is 16.8 Å². The molecule has 3 rings (SSSR count). The molecule has 0 radical (unpaired) electrons. The van der Waals surface area contributed by atoms with Gasteiger partial charge in [0.25, 0.3) is 5.91 Å². The fourth-order valence-corrected chi connectivity index (χ4v) is 3.89. The SMILES string of the molecule is CN1C(=O)N(C)C2(CCN(C(=O)NC[C@@H](c3ccco3)N(C)C)CC2)C1=O. The van der Waals surface area contributed by atoms with Gasteiger partial charge in [0, 0.05) is 33.7 Å². The zero-order chi connectivity index (χ0) is 19.8. The average Bonchev–Trinajstić information content (AvgIpc) is 3.23. The van der Waals surface area contributed by atoms with Crippen LogP contribution in [0.2, 0.25) is 0 Å². The van der Waals surface area contributed by atoms with Crippen LogP contribution in [0.1, 0.15) is 24.6 Å². The molecule has 1 aromatic rings. The van der Waals surface area contributed by atoms with E-state index in [2.05, 4.69) is 5.32 Å². The molecule has 9 heteroatoms. The number of hydrogen-bond acceptors (Lipinski definition) is 5. The van der Waals surface area contributed by atoms with Crippen molar-refractivity contribution in [2.45, 2.75) is 24.4 Å². The standard InChI is InChI=1S/C18H27N5O4/c1-20(2)13(14-6-5-11-27-14)12-19-16(25)23-9-7-18(8-10-23)15(24)21(3)17(26)22(18)4/h5-6,11,13H,7-10,12H2,1-4H3,(H,19,25)/t13-/m0/s1. The molecule has 9 nitrogen and oxygen atoms in total. The number of furan rings is 1. The molecule has 2 aliphatic rings. The number of nitrogens with zero attached hydrogens (tertiary/aromatic N) is 4. The third kappa shape index (κ3) is 3.27. The molecule has 2 fully saturated rings. The Hall–Kier alpha value is -2.55. The van der Waals surface area contributed by atoms with E-state index in [1.54, 1.807) is 18.2 Å². The molecule has 0 unspecified atom stereocenters. The lowest BCUT2D eigenvalue weighted by Gasteiger charge is -2.40. The number of carbonyl (C=O) groups is 3. The highest BCUT2D eigenvalue weighted by Crippen LogP contribution is 2.35. The van der Waals surface area contributed by atoms with Gasteiger partial charge in [-0.25, -0.2) is 9.59 Å². The summed E-state index contributed by atoms with van der Waals surface area (Å²) in [7, 11) is 7.02. The largest absolute Gasteiger partial charge is 0.468 e. The second-order valence-electron chi connectivity index (χ2n) is 7.41. The second-order valence-corrected chi connectivity index (χ2v) is 7.41. The molecule has 2 aliphatic heterocycles. The van der Waals surface area contributed by atoms with E-state index in [0.29, 0.717) is 32.5 Å². The van der Waals surface area contributed by atoms with Gasteiger partial charge in [-0.1, -0.05) is 0 Å². The normalized spacial score (nSPS) is 20.7. The minimum Gasteiger partial charge on any atom is -0.468 e. The van der Waals surface area contributed by atoms with Crippen molar-refractivity contribution in [3.8, 4) is 0 Å². The summed E-state index contributed by atoms with van der Waals surface area (Å²) in [5.74, 6) is 0.609. The van der Waals surface area contributed by atoms with E-state index in [-0.39, 0.29) is 24.0 Å². The first-order chi connectivity index (χ1) is 12.8. The number of likely N-dealkylation sites (tertiary alicyclic amines) is 1. The van der Waals surface area contributed by atoms with Crippen molar-refractivity contribution in [1.29, 1.82) is 0 Å². The predicted octanol–water partition coefficient (Wildman–Crippen LogP) is 0.950. The quantitative estimate of drug-likeness (QED) is 0.789. The number of amides is 5. The van der Waals surface area contributed by atoms with Gasteiger partial charge in [0.1, 0.15) is 11.3 Å². The van der Waals surface area contributed by atoms with Crippen LogP contribution < -0.4 is 5.32 Å². The monoisotopic (exact) mass is 377 g/mol.